The Morgan fingerprint density at radius 3 is 2.04 bits per heavy atom. The first-order chi connectivity index (χ1) is 11.4. The predicted molar refractivity (Wildman–Crippen MR) is 99.9 cm³/mol. The second kappa shape index (κ2) is 6.42. The second-order valence-electron chi connectivity index (χ2n) is 6.09. The molecule has 0 bridgehead atoms. The van der Waals surface area contributed by atoms with Gasteiger partial charge in [-0.05, 0) is 42.0 Å². The van der Waals surface area contributed by atoms with E-state index >= 15 is 0 Å². The van der Waals surface area contributed by atoms with E-state index in [9.17, 15) is 8.42 Å². The van der Waals surface area contributed by atoms with Gasteiger partial charge in [0.15, 0.2) is 9.84 Å². The van der Waals surface area contributed by atoms with Crippen molar-refractivity contribution in [3.05, 3.63) is 63.6 Å². The monoisotopic (exact) mass is 428 g/mol. The van der Waals surface area contributed by atoms with Crippen molar-refractivity contribution in [3.63, 3.8) is 0 Å². The molecular weight excluding hydrogens is 412 g/mol. The molecule has 4 nitrogen and oxygen atoms in total. The van der Waals surface area contributed by atoms with Crippen molar-refractivity contribution in [3.8, 4) is 0 Å². The number of sulfone groups is 1. The zero-order valence-corrected chi connectivity index (χ0v) is 16.0. The van der Waals surface area contributed by atoms with Gasteiger partial charge in [0.2, 0.25) is 0 Å². The molecule has 2 aromatic carbocycles. The summed E-state index contributed by atoms with van der Waals surface area (Å²) in [4.78, 5) is 0.253. The number of rotatable bonds is 5. The third kappa shape index (κ3) is 2.80. The Bertz CT molecular complexity index is 834. The molecule has 1 aliphatic rings. The maximum atomic E-state index is 13.1. The molecule has 4 N–H and O–H groups in total. The molecule has 0 aromatic heterocycles. The van der Waals surface area contributed by atoms with Crippen LogP contribution >= 0.6 is 27.5 Å². The summed E-state index contributed by atoms with van der Waals surface area (Å²) in [5, 5.41) is -0.125. The Kier molecular flexibility index (Phi) is 4.79. The molecular formula is C17H18BrClN2O2S. The van der Waals surface area contributed by atoms with Crippen LogP contribution in [0.3, 0.4) is 0 Å². The number of hydrogen-bond donors (Lipinski definition) is 2. The first kappa shape index (κ1) is 17.9. The summed E-state index contributed by atoms with van der Waals surface area (Å²) in [6, 6.07) is 13.9. The van der Waals surface area contributed by atoms with Gasteiger partial charge in [-0.2, -0.15) is 0 Å². The van der Waals surface area contributed by atoms with E-state index in [4.69, 9.17) is 23.1 Å². The first-order valence-corrected chi connectivity index (χ1v) is 10.2. The minimum absolute atomic E-state index is 0.207. The van der Waals surface area contributed by atoms with Crippen molar-refractivity contribution in [2.24, 2.45) is 16.9 Å². The normalized spacial score (nSPS) is 22.3. The molecule has 1 saturated carbocycles. The highest BCUT2D eigenvalue weighted by Crippen LogP contribution is 2.63. The lowest BCUT2D eigenvalue weighted by atomic mass is 9.99. The fraction of sp³-hybridized carbons (Fsp3) is 0.294. The Balaban J connectivity index is 2.04. The third-order valence-electron chi connectivity index (χ3n) is 4.85. The van der Waals surface area contributed by atoms with Gasteiger partial charge in [0.25, 0.3) is 0 Å². The van der Waals surface area contributed by atoms with Crippen molar-refractivity contribution < 1.29 is 8.42 Å². The fourth-order valence-corrected chi connectivity index (χ4v) is 6.32. The predicted octanol–water partition coefficient (Wildman–Crippen LogP) is 2.95. The molecule has 2 aromatic rings. The van der Waals surface area contributed by atoms with Gasteiger partial charge in [-0.25, -0.2) is 8.42 Å². The standard InChI is InChI=1S/C17H18BrClN2O2S/c18-12-3-1-11(2-4-12)15-16(17(15,9-20)10-21)24(22,23)14-7-5-13(19)6-8-14/h1-8,15-16H,9-10,20-21H2/t15-,16+/m0/s1. The summed E-state index contributed by atoms with van der Waals surface area (Å²) in [6.07, 6.45) is 0. The minimum Gasteiger partial charge on any atom is -0.330 e. The van der Waals surface area contributed by atoms with Gasteiger partial charge < -0.3 is 11.5 Å². The summed E-state index contributed by atoms with van der Waals surface area (Å²) in [7, 11) is -3.55. The van der Waals surface area contributed by atoms with E-state index in [0.717, 1.165) is 10.0 Å². The van der Waals surface area contributed by atoms with Crippen molar-refractivity contribution in [1.29, 1.82) is 0 Å². The van der Waals surface area contributed by atoms with Crippen LogP contribution in [0.2, 0.25) is 5.02 Å². The van der Waals surface area contributed by atoms with Crippen molar-refractivity contribution >= 4 is 37.4 Å². The number of halogens is 2. The summed E-state index contributed by atoms with van der Waals surface area (Å²) in [5.41, 5.74) is 12.2. The summed E-state index contributed by atoms with van der Waals surface area (Å²) in [5.74, 6) is -0.207. The molecule has 128 valence electrons. The largest absolute Gasteiger partial charge is 0.330 e. The molecule has 0 spiro atoms. The Hall–Kier alpha value is -0.920. The van der Waals surface area contributed by atoms with Gasteiger partial charge >= 0.3 is 0 Å². The topological polar surface area (TPSA) is 86.2 Å². The van der Waals surface area contributed by atoms with Crippen LogP contribution in [0, 0.1) is 5.41 Å². The van der Waals surface area contributed by atoms with E-state index in [-0.39, 0.29) is 23.9 Å². The summed E-state index contributed by atoms with van der Waals surface area (Å²) < 4.78 is 27.2. The quantitative estimate of drug-likeness (QED) is 0.765. The molecule has 1 fully saturated rings. The summed E-state index contributed by atoms with van der Waals surface area (Å²) >= 11 is 9.26. The fourth-order valence-electron chi connectivity index (χ4n) is 3.46. The maximum absolute atomic E-state index is 13.1. The van der Waals surface area contributed by atoms with Crippen molar-refractivity contribution in [2.75, 3.05) is 13.1 Å². The lowest BCUT2D eigenvalue weighted by Crippen LogP contribution is -2.31. The van der Waals surface area contributed by atoms with Crippen molar-refractivity contribution in [1.82, 2.24) is 0 Å². The van der Waals surface area contributed by atoms with Crippen LogP contribution < -0.4 is 11.5 Å². The van der Waals surface area contributed by atoms with E-state index in [1.807, 2.05) is 24.3 Å². The van der Waals surface area contributed by atoms with Gasteiger partial charge in [-0.3, -0.25) is 0 Å². The van der Waals surface area contributed by atoms with E-state index in [1.54, 1.807) is 12.1 Å². The smallest absolute Gasteiger partial charge is 0.182 e. The molecule has 0 saturated heterocycles. The van der Waals surface area contributed by atoms with Gasteiger partial charge in [0.1, 0.15) is 0 Å². The molecule has 0 heterocycles. The first-order valence-electron chi connectivity index (χ1n) is 7.52. The van der Waals surface area contributed by atoms with E-state index < -0.39 is 20.5 Å². The third-order valence-corrected chi connectivity index (χ3v) is 7.97. The number of benzene rings is 2. The highest BCUT2D eigenvalue weighted by Gasteiger charge is 2.69. The van der Waals surface area contributed by atoms with Gasteiger partial charge in [-0.15, -0.1) is 0 Å². The van der Waals surface area contributed by atoms with E-state index in [0.29, 0.717) is 5.02 Å². The van der Waals surface area contributed by atoms with Crippen LogP contribution in [0.25, 0.3) is 0 Å². The number of nitrogens with two attached hydrogens (primary N) is 2. The van der Waals surface area contributed by atoms with Crippen LogP contribution in [0.5, 0.6) is 0 Å². The summed E-state index contributed by atoms with van der Waals surface area (Å²) in [6.45, 7) is 0.448. The SMILES string of the molecule is NCC1(CN)[C@H](S(=O)(=O)c2ccc(Cl)cc2)[C@@H]1c1ccc(Br)cc1. The van der Waals surface area contributed by atoms with Crippen molar-refractivity contribution in [2.45, 2.75) is 16.1 Å². The molecule has 0 unspecified atom stereocenters. The average molecular weight is 430 g/mol. The zero-order valence-electron chi connectivity index (χ0n) is 12.8. The van der Waals surface area contributed by atoms with Crippen LogP contribution in [0.4, 0.5) is 0 Å². The molecule has 7 heteroatoms. The van der Waals surface area contributed by atoms with Crippen LogP contribution in [-0.4, -0.2) is 26.8 Å². The molecule has 24 heavy (non-hydrogen) atoms. The zero-order chi connectivity index (χ0) is 17.5. The maximum Gasteiger partial charge on any atom is 0.182 e. The molecule has 0 aliphatic heterocycles. The Labute approximate surface area is 155 Å². The number of hydrogen-bond acceptors (Lipinski definition) is 4. The minimum atomic E-state index is -3.55. The van der Waals surface area contributed by atoms with Crippen LogP contribution in [0.15, 0.2) is 57.9 Å². The molecule has 0 radical (unpaired) electrons. The van der Waals surface area contributed by atoms with Gasteiger partial charge in [-0.1, -0.05) is 39.7 Å². The van der Waals surface area contributed by atoms with E-state index in [2.05, 4.69) is 15.9 Å². The Morgan fingerprint density at radius 1 is 1.00 bits per heavy atom. The molecule has 1 aliphatic carbocycles. The Morgan fingerprint density at radius 2 is 1.54 bits per heavy atom. The molecule has 2 atom stereocenters. The highest BCUT2D eigenvalue weighted by molar-refractivity contribution is 9.10. The van der Waals surface area contributed by atoms with E-state index in [1.165, 1.54) is 12.1 Å². The van der Waals surface area contributed by atoms with Gasteiger partial charge in [0, 0.05) is 33.9 Å². The van der Waals surface area contributed by atoms with Gasteiger partial charge in [0.05, 0.1) is 10.1 Å². The molecule has 3 rings (SSSR count). The lowest BCUT2D eigenvalue weighted by Gasteiger charge is -2.13. The van der Waals surface area contributed by atoms with Crippen LogP contribution in [0.1, 0.15) is 11.5 Å². The lowest BCUT2D eigenvalue weighted by molar-refractivity contribution is 0.510. The van der Waals surface area contributed by atoms with Crippen LogP contribution in [-0.2, 0) is 9.84 Å². The highest BCUT2D eigenvalue weighted by atomic mass is 79.9. The average Bonchev–Trinajstić information content (AvgIpc) is 3.26. The molecule has 0 amide bonds. The second-order valence-corrected chi connectivity index (χ2v) is 9.51.